The van der Waals surface area contributed by atoms with Gasteiger partial charge in [0.1, 0.15) is 5.76 Å². The van der Waals surface area contributed by atoms with Gasteiger partial charge in [0.05, 0.1) is 25.8 Å². The molecule has 2 aromatic carbocycles. The second kappa shape index (κ2) is 9.27. The van der Waals surface area contributed by atoms with E-state index < -0.39 is 17.7 Å². The molecule has 0 saturated carbocycles. The third-order valence-electron chi connectivity index (χ3n) is 5.75. The molecule has 1 fully saturated rings. The number of anilines is 2. The zero-order valence-electron chi connectivity index (χ0n) is 19.4. The topological polar surface area (TPSA) is 92.2 Å². The summed E-state index contributed by atoms with van der Waals surface area (Å²) in [6, 6.07) is 14.7. The van der Waals surface area contributed by atoms with E-state index in [2.05, 4.69) is 4.98 Å². The van der Waals surface area contributed by atoms with Crippen LogP contribution in [0.2, 0.25) is 0 Å². The number of ether oxygens (including phenoxy) is 2. The van der Waals surface area contributed by atoms with E-state index in [4.69, 9.17) is 9.47 Å². The average molecular weight is 460 g/mol. The number of pyridine rings is 1. The van der Waals surface area contributed by atoms with Gasteiger partial charge in [0.2, 0.25) is 0 Å². The second-order valence-electron chi connectivity index (χ2n) is 7.94. The molecule has 1 N–H and O–H groups in total. The number of hydrogen-bond acceptors (Lipinski definition) is 7. The van der Waals surface area contributed by atoms with Crippen molar-refractivity contribution in [2.45, 2.75) is 6.04 Å². The number of nitrogens with zero attached hydrogens (tertiary/aromatic N) is 3. The van der Waals surface area contributed by atoms with Crippen molar-refractivity contribution in [3.63, 3.8) is 0 Å². The molecule has 0 radical (unpaired) electrons. The van der Waals surface area contributed by atoms with Gasteiger partial charge in [0, 0.05) is 43.4 Å². The Kier molecular flexibility index (Phi) is 6.23. The summed E-state index contributed by atoms with van der Waals surface area (Å²) in [6.45, 7) is 0. The molecule has 174 valence electrons. The Balaban J connectivity index is 1.89. The van der Waals surface area contributed by atoms with E-state index in [-0.39, 0.29) is 11.3 Å². The molecule has 8 nitrogen and oxygen atoms in total. The molecule has 0 spiro atoms. The van der Waals surface area contributed by atoms with Crippen LogP contribution in [0.1, 0.15) is 17.2 Å². The SMILES string of the molecule is COc1ccc(/C(O)=C2/C(=O)C(=O)N(c3ccc(N(C)C)cc3)C2c2cccnc2)cc1OC. The van der Waals surface area contributed by atoms with Gasteiger partial charge in [-0.25, -0.2) is 0 Å². The van der Waals surface area contributed by atoms with Crippen molar-refractivity contribution in [2.75, 3.05) is 38.1 Å². The number of aliphatic hydroxyl groups excluding tert-OH is 1. The number of carbonyl (C=O) groups is 2. The predicted molar refractivity (Wildman–Crippen MR) is 129 cm³/mol. The van der Waals surface area contributed by atoms with E-state index in [1.54, 1.807) is 54.9 Å². The maximum absolute atomic E-state index is 13.2. The van der Waals surface area contributed by atoms with Crippen molar-refractivity contribution < 1.29 is 24.2 Å². The van der Waals surface area contributed by atoms with Crippen LogP contribution in [0.25, 0.3) is 5.76 Å². The number of amides is 1. The van der Waals surface area contributed by atoms with Gasteiger partial charge in [-0.2, -0.15) is 0 Å². The predicted octanol–water partition coefficient (Wildman–Crippen LogP) is 3.79. The lowest BCUT2D eigenvalue weighted by atomic mass is 9.96. The van der Waals surface area contributed by atoms with Crippen molar-refractivity contribution >= 4 is 28.8 Å². The highest BCUT2D eigenvalue weighted by atomic mass is 16.5. The summed E-state index contributed by atoms with van der Waals surface area (Å²) in [6.07, 6.45) is 3.19. The first-order valence-electron chi connectivity index (χ1n) is 10.6. The molecule has 1 saturated heterocycles. The number of aromatic nitrogens is 1. The van der Waals surface area contributed by atoms with Crippen molar-refractivity contribution in [1.29, 1.82) is 0 Å². The van der Waals surface area contributed by atoms with Gasteiger partial charge in [0.25, 0.3) is 11.7 Å². The molecule has 1 unspecified atom stereocenters. The summed E-state index contributed by atoms with van der Waals surface area (Å²) in [5, 5.41) is 11.3. The molecule has 3 aromatic rings. The van der Waals surface area contributed by atoms with Crippen LogP contribution in [0, 0.1) is 0 Å². The minimum absolute atomic E-state index is 0.0260. The van der Waals surface area contributed by atoms with E-state index in [9.17, 15) is 14.7 Å². The first-order valence-corrected chi connectivity index (χ1v) is 10.6. The molecule has 4 rings (SSSR count). The largest absolute Gasteiger partial charge is 0.507 e. The van der Waals surface area contributed by atoms with Crippen molar-refractivity contribution in [3.05, 3.63) is 83.7 Å². The Morgan fingerprint density at radius 1 is 1.00 bits per heavy atom. The Labute approximate surface area is 197 Å². The van der Waals surface area contributed by atoms with E-state index in [1.165, 1.54) is 19.1 Å². The van der Waals surface area contributed by atoms with E-state index in [1.807, 2.05) is 31.1 Å². The molecule has 2 heterocycles. The summed E-state index contributed by atoms with van der Waals surface area (Å²) in [4.78, 5) is 34.0. The van der Waals surface area contributed by atoms with Crippen molar-refractivity contribution in [3.8, 4) is 11.5 Å². The van der Waals surface area contributed by atoms with Crippen LogP contribution in [0.5, 0.6) is 11.5 Å². The number of carbonyl (C=O) groups excluding carboxylic acids is 2. The van der Waals surface area contributed by atoms with E-state index in [0.717, 1.165) is 5.69 Å². The number of ketones is 1. The molecular formula is C26H25N3O5. The lowest BCUT2D eigenvalue weighted by molar-refractivity contribution is -0.132. The lowest BCUT2D eigenvalue weighted by Gasteiger charge is -2.25. The van der Waals surface area contributed by atoms with Gasteiger partial charge in [-0.3, -0.25) is 19.5 Å². The molecular weight excluding hydrogens is 434 g/mol. The van der Waals surface area contributed by atoms with Crippen LogP contribution >= 0.6 is 0 Å². The standard InChI is InChI=1S/C26H25N3O5/c1-28(2)18-8-10-19(11-9-18)29-23(17-6-5-13-27-15-17)22(25(31)26(29)32)24(30)16-7-12-20(33-3)21(14-16)34-4/h5-15,23,30H,1-4H3/b24-22-. The highest BCUT2D eigenvalue weighted by molar-refractivity contribution is 6.51. The first-order chi connectivity index (χ1) is 16.4. The fourth-order valence-electron chi connectivity index (χ4n) is 4.00. The molecule has 0 bridgehead atoms. The molecule has 1 aliphatic heterocycles. The lowest BCUT2D eigenvalue weighted by Crippen LogP contribution is -2.29. The van der Waals surface area contributed by atoms with Crippen molar-refractivity contribution in [1.82, 2.24) is 4.98 Å². The summed E-state index contributed by atoms with van der Waals surface area (Å²) in [5.74, 6) is -0.950. The van der Waals surface area contributed by atoms with E-state index >= 15 is 0 Å². The van der Waals surface area contributed by atoms with Gasteiger partial charge in [0.15, 0.2) is 11.5 Å². The van der Waals surface area contributed by atoms with Crippen LogP contribution in [-0.4, -0.2) is 50.1 Å². The van der Waals surface area contributed by atoms with Crippen LogP contribution in [0.15, 0.2) is 72.6 Å². The number of Topliss-reactive ketones (excluding diaryl/α,β-unsaturated/α-hetero) is 1. The van der Waals surface area contributed by atoms with Gasteiger partial charge in [-0.1, -0.05) is 6.07 Å². The number of aliphatic hydroxyl groups is 1. The summed E-state index contributed by atoms with van der Waals surface area (Å²) in [5.41, 5.74) is 2.38. The van der Waals surface area contributed by atoms with Crippen molar-refractivity contribution in [2.24, 2.45) is 0 Å². The quantitative estimate of drug-likeness (QED) is 0.341. The first kappa shape index (κ1) is 22.8. The number of benzene rings is 2. The molecule has 1 amide bonds. The zero-order chi connectivity index (χ0) is 24.4. The third kappa shape index (κ3) is 3.94. The highest BCUT2D eigenvalue weighted by Gasteiger charge is 2.47. The maximum Gasteiger partial charge on any atom is 0.300 e. The normalized spacial score (nSPS) is 17.1. The Morgan fingerprint density at radius 3 is 2.29 bits per heavy atom. The van der Waals surface area contributed by atoms with Gasteiger partial charge >= 0.3 is 0 Å². The fourth-order valence-corrected chi connectivity index (χ4v) is 4.00. The maximum atomic E-state index is 13.2. The monoisotopic (exact) mass is 459 g/mol. The number of methoxy groups -OCH3 is 2. The molecule has 1 aromatic heterocycles. The molecule has 34 heavy (non-hydrogen) atoms. The van der Waals surface area contributed by atoms with Crippen LogP contribution in [-0.2, 0) is 9.59 Å². The Hall–Kier alpha value is -4.33. The number of rotatable bonds is 6. The molecule has 1 atom stereocenters. The van der Waals surface area contributed by atoms with Gasteiger partial charge in [-0.15, -0.1) is 0 Å². The molecule has 1 aliphatic rings. The zero-order valence-corrected chi connectivity index (χ0v) is 19.4. The summed E-state index contributed by atoms with van der Waals surface area (Å²) >= 11 is 0. The summed E-state index contributed by atoms with van der Waals surface area (Å²) in [7, 11) is 6.82. The molecule has 8 heteroatoms. The van der Waals surface area contributed by atoms with Crippen LogP contribution in [0.3, 0.4) is 0 Å². The van der Waals surface area contributed by atoms with Gasteiger partial charge in [-0.05, 0) is 54.1 Å². The van der Waals surface area contributed by atoms with Crippen LogP contribution in [0.4, 0.5) is 11.4 Å². The smallest absolute Gasteiger partial charge is 0.300 e. The Bertz CT molecular complexity index is 1250. The summed E-state index contributed by atoms with van der Waals surface area (Å²) < 4.78 is 10.6. The fraction of sp³-hybridized carbons (Fsp3) is 0.192. The minimum Gasteiger partial charge on any atom is -0.507 e. The molecule has 0 aliphatic carbocycles. The van der Waals surface area contributed by atoms with Crippen LogP contribution < -0.4 is 19.3 Å². The Morgan fingerprint density at radius 2 is 1.71 bits per heavy atom. The number of hydrogen-bond donors (Lipinski definition) is 1. The minimum atomic E-state index is -0.855. The highest BCUT2D eigenvalue weighted by Crippen LogP contribution is 2.43. The second-order valence-corrected chi connectivity index (χ2v) is 7.94. The van der Waals surface area contributed by atoms with Gasteiger partial charge < -0.3 is 19.5 Å². The third-order valence-corrected chi connectivity index (χ3v) is 5.75. The average Bonchev–Trinajstić information content (AvgIpc) is 3.13. The van der Waals surface area contributed by atoms with E-state index in [0.29, 0.717) is 28.3 Å².